The van der Waals surface area contributed by atoms with E-state index in [1.165, 1.54) is 0 Å². The molecular formula is C7H5N. The molecule has 38 valence electrons. The summed E-state index contributed by atoms with van der Waals surface area (Å²) in [5, 5.41) is 8.29. The minimum absolute atomic E-state index is 0.715. The van der Waals surface area contributed by atoms with Crippen molar-refractivity contribution in [2.45, 2.75) is 0 Å². The molecular weight excluding hydrogens is 98.1 g/mol. The first-order valence-corrected chi connectivity index (χ1v) is 2.38. The van der Waals surface area contributed by atoms with Gasteiger partial charge >= 0.3 is 0 Å². The minimum atomic E-state index is 0.715. The van der Waals surface area contributed by atoms with Crippen molar-refractivity contribution in [3.05, 3.63) is 35.9 Å². The van der Waals surface area contributed by atoms with E-state index in [0.29, 0.717) is 5.56 Å². The van der Waals surface area contributed by atoms with Gasteiger partial charge in [0.15, 0.2) is 0 Å². The van der Waals surface area contributed by atoms with Crippen LogP contribution in [-0.2, 0) is 0 Å². The van der Waals surface area contributed by atoms with Crippen molar-refractivity contribution < 1.29 is 0 Å². The molecule has 0 radical (unpaired) electrons. The number of nitriles is 1. The van der Waals surface area contributed by atoms with Crippen LogP contribution in [0, 0.1) is 11.3 Å². The predicted octanol–water partition coefficient (Wildman–Crippen LogP) is 1.56. The second kappa shape index (κ2) is 2.13. The molecule has 1 aromatic rings. The van der Waals surface area contributed by atoms with E-state index in [-0.39, 0.29) is 0 Å². The zero-order valence-electron chi connectivity index (χ0n) is 4.33. The summed E-state index contributed by atoms with van der Waals surface area (Å²) in [5.74, 6) is 0. The van der Waals surface area contributed by atoms with Crippen LogP contribution < -0.4 is 0 Å². The van der Waals surface area contributed by atoms with Gasteiger partial charge < -0.3 is 0 Å². The fraction of sp³-hybridized carbons (Fsp3) is 0. The van der Waals surface area contributed by atoms with Gasteiger partial charge in [0.1, 0.15) is 0 Å². The Morgan fingerprint density at radius 3 is 2.12 bits per heavy atom. The summed E-state index contributed by atoms with van der Waals surface area (Å²) in [5.41, 5.74) is 0.715. The van der Waals surface area contributed by atoms with E-state index in [1.807, 2.05) is 24.3 Å². The third-order valence-corrected chi connectivity index (χ3v) is 0.903. The molecule has 0 unspecified atom stereocenters. The average molecular weight is 103 g/mol. The Labute approximate surface area is 48.2 Å². The van der Waals surface area contributed by atoms with Crippen molar-refractivity contribution >= 4 is 0 Å². The molecule has 0 atom stereocenters. The van der Waals surface area contributed by atoms with Crippen molar-refractivity contribution in [2.24, 2.45) is 0 Å². The van der Waals surface area contributed by atoms with Gasteiger partial charge in [0.05, 0.1) is 11.6 Å². The predicted molar refractivity (Wildman–Crippen MR) is 31.2 cm³/mol. The molecule has 1 nitrogen and oxygen atoms in total. The van der Waals surface area contributed by atoms with Gasteiger partial charge in [0.2, 0.25) is 0 Å². The number of rotatable bonds is 0. The van der Waals surface area contributed by atoms with Gasteiger partial charge in [0, 0.05) is 0 Å². The summed E-state index contributed by atoms with van der Waals surface area (Å²) in [6.45, 7) is 0. The van der Waals surface area contributed by atoms with Gasteiger partial charge in [-0.05, 0) is 12.1 Å². The van der Waals surface area contributed by atoms with Crippen LogP contribution in [0.5, 0.6) is 0 Å². The normalized spacial score (nSPS) is 7.88. The van der Waals surface area contributed by atoms with E-state index < -0.39 is 0 Å². The minimum Gasteiger partial charge on any atom is -0.192 e. The first kappa shape index (κ1) is 4.86. The molecule has 0 aromatic heterocycles. The molecule has 8 heavy (non-hydrogen) atoms. The molecule has 0 bridgehead atoms. The van der Waals surface area contributed by atoms with Crippen molar-refractivity contribution in [3.63, 3.8) is 0 Å². The van der Waals surface area contributed by atoms with Crippen molar-refractivity contribution in [3.8, 4) is 6.07 Å². The molecule has 0 saturated heterocycles. The van der Waals surface area contributed by atoms with Crippen molar-refractivity contribution in [1.82, 2.24) is 0 Å². The second-order valence-corrected chi connectivity index (χ2v) is 1.48. The fourth-order valence-electron chi connectivity index (χ4n) is 0.513. The molecule has 0 aliphatic heterocycles. The first-order chi connectivity index (χ1) is 3.93. The summed E-state index contributed by atoms with van der Waals surface area (Å²) < 4.78 is 0. The quantitative estimate of drug-likeness (QED) is 0.488. The highest BCUT2D eigenvalue weighted by atomic mass is 14.2. The van der Waals surface area contributed by atoms with E-state index in [2.05, 4.69) is 0 Å². The molecule has 1 rings (SSSR count). The molecule has 0 aliphatic carbocycles. The lowest BCUT2D eigenvalue weighted by atomic mass is 10.2. The molecule has 0 aliphatic rings. The summed E-state index contributed by atoms with van der Waals surface area (Å²) in [6, 6.07) is 11.2. The zero-order chi connectivity index (χ0) is 5.82. The Bertz CT molecular complexity index is 195. The topological polar surface area (TPSA) is 23.8 Å². The molecule has 0 saturated carbocycles. The van der Waals surface area contributed by atoms with Crippen LogP contribution in [0.2, 0.25) is 0 Å². The van der Waals surface area contributed by atoms with Crippen LogP contribution in [0.4, 0.5) is 0 Å². The number of hydrogen-bond donors (Lipinski definition) is 0. The van der Waals surface area contributed by atoms with E-state index in [9.17, 15) is 0 Å². The van der Waals surface area contributed by atoms with E-state index in [0.717, 1.165) is 0 Å². The van der Waals surface area contributed by atoms with Crippen LogP contribution >= 0.6 is 0 Å². The third-order valence-electron chi connectivity index (χ3n) is 0.903. The zero-order valence-corrected chi connectivity index (χ0v) is 4.33. The van der Waals surface area contributed by atoms with Crippen LogP contribution in [0.3, 0.4) is 0 Å². The van der Waals surface area contributed by atoms with Crippen LogP contribution in [-0.4, -0.2) is 0 Å². The van der Waals surface area contributed by atoms with Gasteiger partial charge in [-0.1, -0.05) is 18.2 Å². The van der Waals surface area contributed by atoms with Crippen LogP contribution in [0.25, 0.3) is 0 Å². The smallest absolute Gasteiger partial charge is 0.0991 e. The SMILES string of the molecule is [14N]#Cc1ccccc1. The molecule has 0 fully saturated rings. The number of nitrogens with zero attached hydrogens (tertiary/aromatic N) is 1. The molecule has 0 amide bonds. The highest BCUT2D eigenvalue weighted by molar-refractivity contribution is 5.27. The molecule has 1 heteroatoms. The first-order valence-electron chi connectivity index (χ1n) is 2.38. The standard InChI is InChI=1S/C7H5N/c8-6-7-4-2-1-3-5-7/h1-5H/i8+0. The van der Waals surface area contributed by atoms with E-state index >= 15 is 0 Å². The van der Waals surface area contributed by atoms with Gasteiger partial charge in [0.25, 0.3) is 0 Å². The third kappa shape index (κ3) is 0.855. The van der Waals surface area contributed by atoms with Gasteiger partial charge in [-0.25, -0.2) is 0 Å². The Kier molecular flexibility index (Phi) is 1.29. The Morgan fingerprint density at radius 1 is 1.12 bits per heavy atom. The molecule has 1 aromatic carbocycles. The maximum Gasteiger partial charge on any atom is 0.0991 e. The molecule has 0 N–H and O–H groups in total. The Hall–Kier alpha value is -1.29. The second-order valence-electron chi connectivity index (χ2n) is 1.48. The maximum absolute atomic E-state index is 8.29. The lowest BCUT2D eigenvalue weighted by Crippen LogP contribution is -1.66. The average Bonchev–Trinajstić information content (AvgIpc) is 1.90. The monoisotopic (exact) mass is 103 g/mol. The highest BCUT2D eigenvalue weighted by Crippen LogP contribution is 1.92. The van der Waals surface area contributed by atoms with Gasteiger partial charge in [-0.15, -0.1) is 0 Å². The summed E-state index contributed by atoms with van der Waals surface area (Å²) in [4.78, 5) is 0. The van der Waals surface area contributed by atoms with Crippen LogP contribution in [0.1, 0.15) is 5.56 Å². The van der Waals surface area contributed by atoms with E-state index in [4.69, 9.17) is 5.26 Å². The molecule has 0 heterocycles. The Morgan fingerprint density at radius 2 is 1.75 bits per heavy atom. The maximum atomic E-state index is 8.29. The summed E-state index contributed by atoms with van der Waals surface area (Å²) in [7, 11) is 0. The fourth-order valence-corrected chi connectivity index (χ4v) is 0.513. The van der Waals surface area contributed by atoms with Gasteiger partial charge in [-0.2, -0.15) is 5.26 Å². The van der Waals surface area contributed by atoms with E-state index in [1.54, 1.807) is 12.1 Å². The molecule has 0 spiro atoms. The van der Waals surface area contributed by atoms with Gasteiger partial charge in [-0.3, -0.25) is 0 Å². The summed E-state index contributed by atoms with van der Waals surface area (Å²) in [6.07, 6.45) is 0. The Balaban J connectivity index is 3.05. The van der Waals surface area contributed by atoms with Crippen molar-refractivity contribution in [2.75, 3.05) is 0 Å². The van der Waals surface area contributed by atoms with Crippen LogP contribution in [0.15, 0.2) is 30.3 Å². The summed E-state index contributed by atoms with van der Waals surface area (Å²) >= 11 is 0. The lowest BCUT2D eigenvalue weighted by molar-refractivity contribution is 1.49. The largest absolute Gasteiger partial charge is 0.192 e. The highest BCUT2D eigenvalue weighted by Gasteiger charge is 1.79. The lowest BCUT2D eigenvalue weighted by Gasteiger charge is -1.80. The number of benzene rings is 1. The van der Waals surface area contributed by atoms with Crippen molar-refractivity contribution in [1.29, 1.82) is 5.26 Å². The number of hydrogen-bond acceptors (Lipinski definition) is 1.